The quantitative estimate of drug-likeness (QED) is 0.919. The summed E-state index contributed by atoms with van der Waals surface area (Å²) in [6.45, 7) is 0.156. The van der Waals surface area contributed by atoms with E-state index in [9.17, 15) is 4.79 Å². The minimum atomic E-state index is -0.0465. The van der Waals surface area contributed by atoms with Crippen molar-refractivity contribution in [1.82, 2.24) is 0 Å². The molecule has 5 heteroatoms. The summed E-state index contributed by atoms with van der Waals surface area (Å²) in [5.74, 6) is 0.747. The number of anilines is 1. The van der Waals surface area contributed by atoms with E-state index in [0.717, 1.165) is 40.4 Å². The molecule has 0 bridgehead atoms. The number of thiophene rings is 1. The van der Waals surface area contributed by atoms with Crippen molar-refractivity contribution in [3.63, 3.8) is 0 Å². The first-order chi connectivity index (χ1) is 11.3. The summed E-state index contributed by atoms with van der Waals surface area (Å²) in [6.07, 6.45) is 4.58. The SMILES string of the molecule is COc1ccccc1C1=NCC(=O)Nc2sc3c(c21)CCCC3. The van der Waals surface area contributed by atoms with Crippen LogP contribution in [0.25, 0.3) is 0 Å². The number of para-hydroxylation sites is 1. The zero-order chi connectivity index (χ0) is 15.8. The fourth-order valence-corrected chi connectivity index (χ4v) is 4.67. The summed E-state index contributed by atoms with van der Waals surface area (Å²) in [4.78, 5) is 18.1. The number of carbonyl (C=O) groups excluding carboxylic acids is 1. The van der Waals surface area contributed by atoms with Crippen LogP contribution in [0, 0.1) is 0 Å². The van der Waals surface area contributed by atoms with Crippen LogP contribution >= 0.6 is 11.3 Å². The normalized spacial score (nSPS) is 16.7. The molecule has 1 aromatic heterocycles. The topological polar surface area (TPSA) is 50.7 Å². The Balaban J connectivity index is 1.94. The number of aliphatic imine (C=N–C) groups is 1. The molecule has 1 amide bonds. The molecule has 118 valence electrons. The Bertz CT molecular complexity index is 807. The third kappa shape index (κ3) is 2.45. The van der Waals surface area contributed by atoms with Gasteiger partial charge in [0, 0.05) is 16.0 Å². The molecule has 0 spiro atoms. The van der Waals surface area contributed by atoms with Crippen LogP contribution in [0.5, 0.6) is 5.75 Å². The maximum atomic E-state index is 12.0. The van der Waals surface area contributed by atoms with E-state index in [1.54, 1.807) is 18.4 Å². The molecule has 0 atom stereocenters. The highest BCUT2D eigenvalue weighted by atomic mass is 32.1. The second kappa shape index (κ2) is 5.81. The van der Waals surface area contributed by atoms with Gasteiger partial charge in [-0.1, -0.05) is 12.1 Å². The second-order valence-corrected chi connectivity index (χ2v) is 6.93. The van der Waals surface area contributed by atoms with E-state index in [0.29, 0.717) is 0 Å². The Morgan fingerprint density at radius 1 is 1.22 bits per heavy atom. The number of nitrogens with zero attached hydrogens (tertiary/aromatic N) is 1. The maximum Gasteiger partial charge on any atom is 0.246 e. The van der Waals surface area contributed by atoms with Gasteiger partial charge in [0.05, 0.1) is 12.8 Å². The molecule has 0 fully saturated rings. The number of hydrogen-bond acceptors (Lipinski definition) is 4. The van der Waals surface area contributed by atoms with Gasteiger partial charge >= 0.3 is 0 Å². The molecule has 0 saturated carbocycles. The molecular weight excluding hydrogens is 308 g/mol. The van der Waals surface area contributed by atoms with Crippen LogP contribution in [0.1, 0.15) is 34.4 Å². The van der Waals surface area contributed by atoms with Gasteiger partial charge in [0.15, 0.2) is 0 Å². The summed E-state index contributed by atoms with van der Waals surface area (Å²) in [7, 11) is 1.67. The average Bonchev–Trinajstić information content (AvgIpc) is 2.85. The van der Waals surface area contributed by atoms with Gasteiger partial charge in [0.25, 0.3) is 0 Å². The fourth-order valence-electron chi connectivity index (χ4n) is 3.36. The lowest BCUT2D eigenvalue weighted by atomic mass is 9.91. The van der Waals surface area contributed by atoms with Crippen LogP contribution in [-0.2, 0) is 17.6 Å². The standard InChI is InChI=1S/C18H18N2O2S/c1-22-13-8-4-2-6-11(13)17-16-12-7-3-5-9-14(12)23-18(16)20-15(21)10-19-17/h2,4,6,8H,3,5,7,9-10H2,1H3,(H,20,21). The van der Waals surface area contributed by atoms with Gasteiger partial charge in [0.2, 0.25) is 5.91 Å². The third-order valence-corrected chi connectivity index (χ3v) is 5.61. The van der Waals surface area contributed by atoms with Gasteiger partial charge in [-0.2, -0.15) is 0 Å². The third-order valence-electron chi connectivity index (χ3n) is 4.40. The predicted molar refractivity (Wildman–Crippen MR) is 93.1 cm³/mol. The predicted octanol–water partition coefficient (Wildman–Crippen LogP) is 3.43. The minimum Gasteiger partial charge on any atom is -0.496 e. The molecule has 2 aliphatic rings. The molecule has 2 heterocycles. The smallest absolute Gasteiger partial charge is 0.246 e. The molecule has 1 aliphatic carbocycles. The van der Waals surface area contributed by atoms with Crippen molar-refractivity contribution in [2.24, 2.45) is 4.99 Å². The molecule has 23 heavy (non-hydrogen) atoms. The summed E-state index contributed by atoms with van der Waals surface area (Å²) in [6, 6.07) is 7.90. The second-order valence-electron chi connectivity index (χ2n) is 5.83. The Hall–Kier alpha value is -2.14. The average molecular weight is 326 g/mol. The van der Waals surface area contributed by atoms with E-state index in [2.05, 4.69) is 10.3 Å². The van der Waals surface area contributed by atoms with Crippen molar-refractivity contribution in [2.75, 3.05) is 19.0 Å². The number of carbonyl (C=O) groups is 1. The van der Waals surface area contributed by atoms with E-state index < -0.39 is 0 Å². The minimum absolute atomic E-state index is 0.0465. The van der Waals surface area contributed by atoms with Crippen LogP contribution in [0.2, 0.25) is 0 Å². The summed E-state index contributed by atoms with van der Waals surface area (Å²) in [5.41, 5.74) is 4.32. The number of ether oxygens (including phenoxy) is 1. The lowest BCUT2D eigenvalue weighted by Crippen LogP contribution is -2.12. The number of hydrogen-bond donors (Lipinski definition) is 1. The Morgan fingerprint density at radius 3 is 2.91 bits per heavy atom. The zero-order valence-electron chi connectivity index (χ0n) is 13.0. The van der Waals surface area contributed by atoms with E-state index >= 15 is 0 Å². The largest absolute Gasteiger partial charge is 0.496 e. The van der Waals surface area contributed by atoms with E-state index in [1.807, 2.05) is 24.3 Å². The highest BCUT2D eigenvalue weighted by molar-refractivity contribution is 7.17. The van der Waals surface area contributed by atoms with Crippen molar-refractivity contribution in [3.8, 4) is 5.75 Å². The maximum absolute atomic E-state index is 12.0. The molecule has 1 aromatic carbocycles. The Morgan fingerprint density at radius 2 is 2.04 bits per heavy atom. The molecule has 1 N–H and O–H groups in total. The van der Waals surface area contributed by atoms with E-state index in [-0.39, 0.29) is 12.5 Å². The van der Waals surface area contributed by atoms with Crippen LogP contribution in [0.4, 0.5) is 5.00 Å². The lowest BCUT2D eigenvalue weighted by Gasteiger charge is -2.15. The van der Waals surface area contributed by atoms with Gasteiger partial charge in [-0.3, -0.25) is 9.79 Å². The van der Waals surface area contributed by atoms with Crippen LogP contribution in [0.15, 0.2) is 29.3 Å². The van der Waals surface area contributed by atoms with Gasteiger partial charge < -0.3 is 10.1 Å². The van der Waals surface area contributed by atoms with Crippen LogP contribution in [-0.4, -0.2) is 25.3 Å². The van der Waals surface area contributed by atoms with Crippen molar-refractivity contribution in [3.05, 3.63) is 45.8 Å². The molecule has 2 aromatic rings. The molecule has 4 nitrogen and oxygen atoms in total. The molecule has 0 saturated heterocycles. The number of amides is 1. The summed E-state index contributed by atoms with van der Waals surface area (Å²) >= 11 is 1.71. The first-order valence-electron chi connectivity index (χ1n) is 7.90. The number of benzene rings is 1. The lowest BCUT2D eigenvalue weighted by molar-refractivity contribution is -0.114. The van der Waals surface area contributed by atoms with Crippen LogP contribution < -0.4 is 10.1 Å². The van der Waals surface area contributed by atoms with Gasteiger partial charge in [-0.05, 0) is 43.4 Å². The van der Waals surface area contributed by atoms with Gasteiger partial charge in [-0.25, -0.2) is 0 Å². The molecular formula is C18H18N2O2S. The zero-order valence-corrected chi connectivity index (χ0v) is 13.8. The highest BCUT2D eigenvalue weighted by Gasteiger charge is 2.28. The van der Waals surface area contributed by atoms with Crippen LogP contribution in [0.3, 0.4) is 0 Å². The number of nitrogens with one attached hydrogen (secondary N) is 1. The Kier molecular flexibility index (Phi) is 3.65. The number of methoxy groups -OCH3 is 1. The van der Waals surface area contributed by atoms with Crippen molar-refractivity contribution >= 4 is 28.0 Å². The number of rotatable bonds is 2. The first kappa shape index (κ1) is 14.5. The molecule has 4 rings (SSSR count). The van der Waals surface area contributed by atoms with E-state index in [4.69, 9.17) is 4.74 Å². The summed E-state index contributed by atoms with van der Waals surface area (Å²) < 4.78 is 5.52. The number of aryl methyl sites for hydroxylation is 1. The highest BCUT2D eigenvalue weighted by Crippen LogP contribution is 2.41. The molecule has 0 unspecified atom stereocenters. The van der Waals surface area contributed by atoms with E-state index in [1.165, 1.54) is 23.3 Å². The molecule has 0 radical (unpaired) electrons. The molecule has 1 aliphatic heterocycles. The number of fused-ring (bicyclic) bond motifs is 3. The Labute approximate surface area is 139 Å². The fraction of sp³-hybridized carbons (Fsp3) is 0.333. The monoisotopic (exact) mass is 326 g/mol. The van der Waals surface area contributed by atoms with Gasteiger partial charge in [-0.15, -0.1) is 11.3 Å². The van der Waals surface area contributed by atoms with Crippen molar-refractivity contribution < 1.29 is 9.53 Å². The van der Waals surface area contributed by atoms with Crippen molar-refractivity contribution in [1.29, 1.82) is 0 Å². The first-order valence-corrected chi connectivity index (χ1v) is 8.72. The van der Waals surface area contributed by atoms with Gasteiger partial charge in [0.1, 0.15) is 17.3 Å². The van der Waals surface area contributed by atoms with Crippen molar-refractivity contribution in [2.45, 2.75) is 25.7 Å². The summed E-state index contributed by atoms with van der Waals surface area (Å²) in [5, 5.41) is 3.99.